The fourth-order valence-corrected chi connectivity index (χ4v) is 3.20. The second-order valence-electron chi connectivity index (χ2n) is 6.08. The van der Waals surface area contributed by atoms with Gasteiger partial charge in [-0.2, -0.15) is 5.10 Å². The predicted octanol–water partition coefficient (Wildman–Crippen LogP) is 5.62. The van der Waals surface area contributed by atoms with E-state index < -0.39 is 0 Å². The molecule has 0 aliphatic rings. The minimum Gasteiger partial charge on any atom is -0.260 e. The molecule has 4 aromatic rings. The molecule has 0 saturated heterocycles. The Hall–Kier alpha value is -3.31. The van der Waals surface area contributed by atoms with Gasteiger partial charge in [-0.25, -0.2) is 9.97 Å². The summed E-state index contributed by atoms with van der Waals surface area (Å²) in [6.45, 7) is 2.07. The van der Waals surface area contributed by atoms with Crippen LogP contribution in [0.3, 0.4) is 0 Å². The highest BCUT2D eigenvalue weighted by Gasteiger charge is 2.06. The van der Waals surface area contributed by atoms with E-state index in [1.165, 1.54) is 10.4 Å². The van der Waals surface area contributed by atoms with Crippen LogP contribution >= 0.6 is 11.3 Å². The number of fused-ring (bicyclic) bond motifs is 1. The molecule has 4 nitrogen and oxygen atoms in total. The zero-order valence-electron chi connectivity index (χ0n) is 14.8. The molecule has 0 aliphatic heterocycles. The van der Waals surface area contributed by atoms with Gasteiger partial charge in [0.15, 0.2) is 5.82 Å². The minimum atomic E-state index is 0.630. The molecule has 0 unspecified atom stereocenters. The number of rotatable bonds is 5. The third-order valence-corrected chi connectivity index (χ3v) is 4.85. The lowest BCUT2D eigenvalue weighted by molar-refractivity contribution is 1.20. The number of aryl methyl sites for hydroxylation is 1. The predicted molar refractivity (Wildman–Crippen MR) is 115 cm³/mol. The van der Waals surface area contributed by atoms with Crippen LogP contribution in [0.25, 0.3) is 23.2 Å². The summed E-state index contributed by atoms with van der Waals surface area (Å²) in [5.74, 6) is 0.630. The Bertz CT molecular complexity index is 1100. The van der Waals surface area contributed by atoms with Gasteiger partial charge in [0, 0.05) is 4.88 Å². The van der Waals surface area contributed by atoms with E-state index in [1.54, 1.807) is 17.6 Å². The van der Waals surface area contributed by atoms with Crippen molar-refractivity contribution in [3.63, 3.8) is 0 Å². The van der Waals surface area contributed by atoms with Crippen LogP contribution in [0.15, 0.2) is 71.1 Å². The van der Waals surface area contributed by atoms with Crippen molar-refractivity contribution < 1.29 is 0 Å². The van der Waals surface area contributed by atoms with Crippen molar-refractivity contribution in [1.82, 2.24) is 9.97 Å². The molecule has 0 atom stereocenters. The Morgan fingerprint density at radius 3 is 2.41 bits per heavy atom. The molecule has 5 heteroatoms. The van der Waals surface area contributed by atoms with E-state index in [-0.39, 0.29) is 0 Å². The molecule has 0 aliphatic carbocycles. The Kier molecular flexibility index (Phi) is 5.03. The number of benzene rings is 2. The molecule has 132 valence electrons. The van der Waals surface area contributed by atoms with Crippen LogP contribution < -0.4 is 5.43 Å². The summed E-state index contributed by atoms with van der Waals surface area (Å²) in [5.41, 5.74) is 7.74. The first kappa shape index (κ1) is 17.1. The number of anilines is 1. The summed E-state index contributed by atoms with van der Waals surface area (Å²) in [7, 11) is 0. The zero-order chi connectivity index (χ0) is 18.5. The lowest BCUT2D eigenvalue weighted by Gasteiger charge is -2.06. The molecule has 4 rings (SSSR count). The van der Waals surface area contributed by atoms with Crippen molar-refractivity contribution in [3.8, 4) is 0 Å². The minimum absolute atomic E-state index is 0.630. The van der Waals surface area contributed by atoms with E-state index in [1.807, 2.05) is 54.6 Å². The number of para-hydroxylation sites is 2. The Morgan fingerprint density at radius 2 is 1.67 bits per heavy atom. The van der Waals surface area contributed by atoms with Crippen molar-refractivity contribution in [2.24, 2.45) is 5.10 Å². The largest absolute Gasteiger partial charge is 0.260 e. The van der Waals surface area contributed by atoms with Gasteiger partial charge in [-0.3, -0.25) is 5.43 Å². The molecule has 2 aromatic carbocycles. The molecule has 0 amide bonds. The first-order chi connectivity index (χ1) is 13.3. The maximum atomic E-state index is 4.73. The molecule has 0 saturated carbocycles. The summed E-state index contributed by atoms with van der Waals surface area (Å²) in [5, 5.41) is 6.40. The van der Waals surface area contributed by atoms with E-state index in [0.717, 1.165) is 22.3 Å². The van der Waals surface area contributed by atoms with Gasteiger partial charge in [-0.1, -0.05) is 48.0 Å². The smallest absolute Gasteiger partial charge is 0.173 e. The summed E-state index contributed by atoms with van der Waals surface area (Å²) in [4.78, 5) is 10.6. The number of hydrazone groups is 1. The van der Waals surface area contributed by atoms with Crippen molar-refractivity contribution in [2.75, 3.05) is 5.43 Å². The average Bonchev–Trinajstić information content (AvgIpc) is 3.21. The second-order valence-corrected chi connectivity index (χ2v) is 7.05. The molecular weight excluding hydrogens is 352 g/mol. The van der Waals surface area contributed by atoms with Gasteiger partial charge in [0.2, 0.25) is 0 Å². The standard InChI is InChI=1S/C22H18N4S/c1-16-8-10-17(11-9-16)15-23-26-22-21(13-12-18-5-4-14-27-18)24-19-6-2-3-7-20(19)25-22/h2-15H,1H3,(H,25,26). The Balaban J connectivity index is 1.64. The molecule has 2 aromatic heterocycles. The van der Waals surface area contributed by atoms with E-state index in [4.69, 9.17) is 4.98 Å². The number of hydrogen-bond acceptors (Lipinski definition) is 5. The lowest BCUT2D eigenvalue weighted by atomic mass is 10.2. The molecule has 0 spiro atoms. The zero-order valence-corrected chi connectivity index (χ0v) is 15.6. The Morgan fingerprint density at radius 1 is 0.889 bits per heavy atom. The molecule has 1 N–H and O–H groups in total. The van der Waals surface area contributed by atoms with Crippen LogP contribution in [0.2, 0.25) is 0 Å². The second kappa shape index (κ2) is 7.93. The van der Waals surface area contributed by atoms with Crippen molar-refractivity contribution in [3.05, 3.63) is 87.7 Å². The van der Waals surface area contributed by atoms with Crippen molar-refractivity contribution in [2.45, 2.75) is 6.92 Å². The fraction of sp³-hybridized carbons (Fsp3) is 0.0455. The number of hydrogen-bond donors (Lipinski definition) is 1. The third kappa shape index (κ3) is 4.27. The van der Waals surface area contributed by atoms with E-state index in [2.05, 4.69) is 46.0 Å². The van der Waals surface area contributed by atoms with E-state index in [9.17, 15) is 0 Å². The highest BCUT2D eigenvalue weighted by atomic mass is 32.1. The quantitative estimate of drug-likeness (QED) is 0.367. The number of nitrogens with one attached hydrogen (secondary N) is 1. The number of nitrogens with zero attached hydrogens (tertiary/aromatic N) is 3. The maximum Gasteiger partial charge on any atom is 0.173 e. The monoisotopic (exact) mass is 370 g/mol. The topological polar surface area (TPSA) is 50.2 Å². The Labute approximate surface area is 161 Å². The van der Waals surface area contributed by atoms with Crippen molar-refractivity contribution >= 4 is 46.6 Å². The van der Waals surface area contributed by atoms with Crippen molar-refractivity contribution in [1.29, 1.82) is 0 Å². The summed E-state index contributed by atoms with van der Waals surface area (Å²) in [6.07, 6.45) is 5.79. The summed E-state index contributed by atoms with van der Waals surface area (Å²) in [6, 6.07) is 20.1. The molecule has 27 heavy (non-hydrogen) atoms. The summed E-state index contributed by atoms with van der Waals surface area (Å²) < 4.78 is 0. The highest BCUT2D eigenvalue weighted by molar-refractivity contribution is 7.10. The van der Waals surface area contributed by atoms with Gasteiger partial charge in [-0.05, 0) is 48.2 Å². The molecular formula is C22H18N4S. The van der Waals surface area contributed by atoms with Crippen LogP contribution in [0.4, 0.5) is 5.82 Å². The van der Waals surface area contributed by atoms with Gasteiger partial charge in [0.1, 0.15) is 5.69 Å². The fourth-order valence-electron chi connectivity index (χ4n) is 2.58. The first-order valence-electron chi connectivity index (χ1n) is 8.62. The highest BCUT2D eigenvalue weighted by Crippen LogP contribution is 2.20. The van der Waals surface area contributed by atoms with E-state index in [0.29, 0.717) is 5.82 Å². The van der Waals surface area contributed by atoms with Crippen LogP contribution in [-0.4, -0.2) is 16.2 Å². The van der Waals surface area contributed by atoms with Gasteiger partial charge in [-0.15, -0.1) is 11.3 Å². The number of aromatic nitrogens is 2. The maximum absolute atomic E-state index is 4.73. The van der Waals surface area contributed by atoms with Crippen LogP contribution in [0.1, 0.15) is 21.7 Å². The molecule has 0 fully saturated rings. The molecule has 2 heterocycles. The van der Waals surface area contributed by atoms with Crippen LogP contribution in [0, 0.1) is 6.92 Å². The van der Waals surface area contributed by atoms with Crippen LogP contribution in [0.5, 0.6) is 0 Å². The average molecular weight is 370 g/mol. The SMILES string of the molecule is Cc1ccc(C=NNc2nc3ccccc3nc2C=Cc2cccs2)cc1. The van der Waals surface area contributed by atoms with Gasteiger partial charge in [0.25, 0.3) is 0 Å². The first-order valence-corrected chi connectivity index (χ1v) is 9.50. The van der Waals surface area contributed by atoms with E-state index >= 15 is 0 Å². The summed E-state index contributed by atoms with van der Waals surface area (Å²) >= 11 is 1.68. The normalized spacial score (nSPS) is 11.6. The van der Waals surface area contributed by atoms with Gasteiger partial charge >= 0.3 is 0 Å². The third-order valence-electron chi connectivity index (χ3n) is 4.01. The lowest BCUT2D eigenvalue weighted by Crippen LogP contribution is -1.99. The molecule has 0 radical (unpaired) electrons. The number of thiophene rings is 1. The van der Waals surface area contributed by atoms with Crippen LogP contribution in [-0.2, 0) is 0 Å². The molecule has 0 bridgehead atoms. The van der Waals surface area contributed by atoms with Gasteiger partial charge in [0.05, 0.1) is 17.2 Å². The van der Waals surface area contributed by atoms with Gasteiger partial charge < -0.3 is 0 Å².